The number of ether oxygens (including phenoxy) is 1. The summed E-state index contributed by atoms with van der Waals surface area (Å²) < 4.78 is 33.2. The van der Waals surface area contributed by atoms with E-state index >= 15 is 0 Å². The second kappa shape index (κ2) is 10.6. The van der Waals surface area contributed by atoms with Crippen molar-refractivity contribution in [2.24, 2.45) is 12.0 Å². The highest BCUT2D eigenvalue weighted by molar-refractivity contribution is 14.0. The third-order valence-electron chi connectivity index (χ3n) is 4.83. The minimum absolute atomic E-state index is 0. The molecule has 0 bridgehead atoms. The molecule has 1 aliphatic rings. The Kier molecular flexibility index (Phi) is 8.64. The van der Waals surface area contributed by atoms with Crippen LogP contribution in [-0.4, -0.2) is 74.2 Å². The third-order valence-corrected chi connectivity index (χ3v) is 6.66. The van der Waals surface area contributed by atoms with Crippen molar-refractivity contribution in [2.45, 2.75) is 17.5 Å². The fourth-order valence-electron chi connectivity index (χ4n) is 3.15. The molecule has 1 fully saturated rings. The average molecular weight is 548 g/mol. The Labute approximate surface area is 195 Å². The van der Waals surface area contributed by atoms with Crippen LogP contribution in [0, 0.1) is 0 Å². The summed E-state index contributed by atoms with van der Waals surface area (Å²) >= 11 is 0. The van der Waals surface area contributed by atoms with Gasteiger partial charge in [-0.05, 0) is 17.7 Å². The zero-order valence-electron chi connectivity index (χ0n) is 17.6. The van der Waals surface area contributed by atoms with E-state index in [1.54, 1.807) is 23.9 Å². The van der Waals surface area contributed by atoms with Gasteiger partial charge < -0.3 is 15.0 Å². The molecule has 1 unspecified atom stereocenters. The summed E-state index contributed by atoms with van der Waals surface area (Å²) in [5.41, 5.74) is 2.02. The number of nitrogens with zero attached hydrogens (tertiary/aromatic N) is 5. The first-order chi connectivity index (χ1) is 13.8. The van der Waals surface area contributed by atoms with Crippen molar-refractivity contribution in [2.75, 3.05) is 40.8 Å². The van der Waals surface area contributed by atoms with Crippen LogP contribution in [-0.2, 0) is 28.4 Å². The van der Waals surface area contributed by atoms with Crippen LogP contribution in [0.5, 0.6) is 0 Å². The van der Waals surface area contributed by atoms with Crippen LogP contribution in [0.2, 0.25) is 0 Å². The molecule has 0 aliphatic carbocycles. The Morgan fingerprint density at radius 3 is 2.60 bits per heavy atom. The zero-order valence-corrected chi connectivity index (χ0v) is 20.8. The number of aryl methyl sites for hydroxylation is 1. The molecule has 0 saturated carbocycles. The van der Waals surface area contributed by atoms with Crippen molar-refractivity contribution in [1.82, 2.24) is 24.3 Å². The van der Waals surface area contributed by atoms with Crippen LogP contribution in [0.25, 0.3) is 0 Å². The minimum Gasteiger partial charge on any atom is -0.370 e. The molecule has 0 amide bonds. The van der Waals surface area contributed by atoms with E-state index in [1.165, 1.54) is 18.4 Å². The summed E-state index contributed by atoms with van der Waals surface area (Å²) in [6.45, 7) is 2.59. The van der Waals surface area contributed by atoms with Gasteiger partial charge in [-0.1, -0.05) is 12.1 Å². The lowest BCUT2D eigenvalue weighted by Gasteiger charge is -2.34. The fraction of sp³-hybridized carbons (Fsp3) is 0.474. The molecule has 1 aliphatic heterocycles. The Morgan fingerprint density at radius 1 is 1.33 bits per heavy atom. The lowest BCUT2D eigenvalue weighted by atomic mass is 10.1. The van der Waals surface area contributed by atoms with Crippen LogP contribution in [0.3, 0.4) is 0 Å². The van der Waals surface area contributed by atoms with Gasteiger partial charge in [-0.25, -0.2) is 12.7 Å². The van der Waals surface area contributed by atoms with Crippen LogP contribution >= 0.6 is 24.0 Å². The summed E-state index contributed by atoms with van der Waals surface area (Å²) in [7, 11) is 3.27. The Morgan fingerprint density at radius 2 is 2.03 bits per heavy atom. The van der Waals surface area contributed by atoms with Crippen molar-refractivity contribution in [3.8, 4) is 0 Å². The van der Waals surface area contributed by atoms with Crippen molar-refractivity contribution < 1.29 is 13.2 Å². The predicted molar refractivity (Wildman–Crippen MR) is 126 cm³/mol. The van der Waals surface area contributed by atoms with Gasteiger partial charge in [-0.15, -0.1) is 24.0 Å². The molecule has 30 heavy (non-hydrogen) atoms. The van der Waals surface area contributed by atoms with Crippen molar-refractivity contribution in [1.29, 1.82) is 0 Å². The molecule has 1 aromatic carbocycles. The second-order valence-electron chi connectivity index (χ2n) is 7.08. The van der Waals surface area contributed by atoms with Crippen molar-refractivity contribution in [3.63, 3.8) is 0 Å². The van der Waals surface area contributed by atoms with E-state index in [4.69, 9.17) is 4.74 Å². The summed E-state index contributed by atoms with van der Waals surface area (Å²) in [5.74, 6) is 0.784. The van der Waals surface area contributed by atoms with Gasteiger partial charge in [0.05, 0.1) is 24.2 Å². The maximum absolute atomic E-state index is 12.2. The SMILES string of the molecule is CN=C(NCc1ccc(S(=O)(=O)N(C)C)cc1)N1CCOC(c2cnn(C)c2)C1.I. The molecular weight excluding hydrogens is 519 g/mol. The molecule has 3 rings (SSSR count). The quantitative estimate of drug-likeness (QED) is 0.346. The van der Waals surface area contributed by atoms with E-state index < -0.39 is 10.0 Å². The molecule has 1 N–H and O–H groups in total. The number of nitrogens with one attached hydrogen (secondary N) is 1. The molecule has 9 nitrogen and oxygen atoms in total. The number of aromatic nitrogens is 2. The summed E-state index contributed by atoms with van der Waals surface area (Å²) in [6.07, 6.45) is 3.74. The number of hydrogen-bond acceptors (Lipinski definition) is 5. The third kappa shape index (κ3) is 5.71. The van der Waals surface area contributed by atoms with Gasteiger partial charge in [0.25, 0.3) is 0 Å². The molecule has 166 valence electrons. The van der Waals surface area contributed by atoms with E-state index in [0.29, 0.717) is 19.7 Å². The van der Waals surface area contributed by atoms with Gasteiger partial charge >= 0.3 is 0 Å². The monoisotopic (exact) mass is 548 g/mol. The highest BCUT2D eigenvalue weighted by Gasteiger charge is 2.25. The van der Waals surface area contributed by atoms with Gasteiger partial charge in [0.2, 0.25) is 10.0 Å². The first kappa shape index (κ1) is 24.6. The average Bonchev–Trinajstić information content (AvgIpc) is 3.15. The summed E-state index contributed by atoms with van der Waals surface area (Å²) in [4.78, 5) is 6.83. The Hall–Kier alpha value is -1.70. The minimum atomic E-state index is -3.42. The van der Waals surface area contributed by atoms with Gasteiger partial charge in [0.15, 0.2) is 5.96 Å². The number of benzene rings is 1. The lowest BCUT2D eigenvalue weighted by Crippen LogP contribution is -2.47. The standard InChI is InChI=1S/C19H28N6O3S.HI/c1-20-19(25-9-10-28-18(14-25)16-12-22-24(4)13-16)21-11-15-5-7-17(8-6-15)29(26,27)23(2)3;/h5-8,12-13,18H,9-11,14H2,1-4H3,(H,20,21);1H. The van der Waals surface area contributed by atoms with Crippen LogP contribution < -0.4 is 5.32 Å². The molecule has 2 aromatic rings. The van der Waals surface area contributed by atoms with Gasteiger partial charge in [0, 0.05) is 53.0 Å². The van der Waals surface area contributed by atoms with Gasteiger partial charge in [-0.3, -0.25) is 9.67 Å². The smallest absolute Gasteiger partial charge is 0.242 e. The normalized spacial score (nSPS) is 17.7. The molecule has 2 heterocycles. The Balaban J connectivity index is 0.00000320. The fourth-order valence-corrected chi connectivity index (χ4v) is 4.05. The maximum atomic E-state index is 12.2. The van der Waals surface area contributed by atoms with E-state index in [1.807, 2.05) is 31.6 Å². The van der Waals surface area contributed by atoms with Gasteiger partial charge in [-0.2, -0.15) is 5.10 Å². The van der Waals surface area contributed by atoms with Crippen molar-refractivity contribution in [3.05, 3.63) is 47.8 Å². The lowest BCUT2D eigenvalue weighted by molar-refractivity contribution is -0.00805. The number of guanidine groups is 1. The maximum Gasteiger partial charge on any atom is 0.242 e. The number of aliphatic imine (C=N–C) groups is 1. The van der Waals surface area contributed by atoms with Crippen LogP contribution in [0.1, 0.15) is 17.2 Å². The number of sulfonamides is 1. The molecule has 1 aromatic heterocycles. The highest BCUT2D eigenvalue weighted by atomic mass is 127. The van der Waals surface area contributed by atoms with E-state index in [2.05, 4.69) is 20.3 Å². The molecule has 1 atom stereocenters. The van der Waals surface area contributed by atoms with Gasteiger partial charge in [0.1, 0.15) is 6.10 Å². The predicted octanol–water partition coefficient (Wildman–Crippen LogP) is 1.44. The molecule has 0 radical (unpaired) electrons. The largest absolute Gasteiger partial charge is 0.370 e. The number of halogens is 1. The first-order valence-electron chi connectivity index (χ1n) is 9.38. The molecule has 11 heteroatoms. The molecular formula is C19H29IN6O3S. The number of rotatable bonds is 5. The number of hydrogen-bond donors (Lipinski definition) is 1. The molecule has 1 saturated heterocycles. The zero-order chi connectivity index (χ0) is 21.0. The first-order valence-corrected chi connectivity index (χ1v) is 10.8. The van der Waals surface area contributed by atoms with Crippen molar-refractivity contribution >= 4 is 40.0 Å². The summed E-state index contributed by atoms with van der Waals surface area (Å²) in [5, 5.41) is 7.57. The van der Waals surface area contributed by atoms with E-state index in [0.717, 1.165) is 23.6 Å². The topological polar surface area (TPSA) is 92.1 Å². The highest BCUT2D eigenvalue weighted by Crippen LogP contribution is 2.21. The van der Waals surface area contributed by atoms with E-state index in [-0.39, 0.29) is 35.0 Å². The van der Waals surface area contributed by atoms with E-state index in [9.17, 15) is 8.42 Å². The number of morpholine rings is 1. The summed E-state index contributed by atoms with van der Waals surface area (Å²) in [6, 6.07) is 6.88. The molecule has 0 spiro atoms. The second-order valence-corrected chi connectivity index (χ2v) is 9.24. The van der Waals surface area contributed by atoms with Crippen LogP contribution in [0.4, 0.5) is 0 Å². The van der Waals surface area contributed by atoms with Crippen LogP contribution in [0.15, 0.2) is 46.5 Å². The Bertz CT molecular complexity index is 959.